The fraction of sp³-hybridized carbons (Fsp3) is 0.0833. The summed E-state index contributed by atoms with van der Waals surface area (Å²) in [5.41, 5.74) is 2.70. The van der Waals surface area contributed by atoms with E-state index < -0.39 is 5.25 Å². The van der Waals surface area contributed by atoms with Crippen molar-refractivity contribution in [2.24, 2.45) is 0 Å². The first-order valence-electron chi connectivity index (χ1n) is 9.55. The van der Waals surface area contributed by atoms with E-state index in [-0.39, 0.29) is 5.91 Å². The third kappa shape index (κ3) is 4.53. The van der Waals surface area contributed by atoms with Gasteiger partial charge in [-0.15, -0.1) is 10.2 Å². The van der Waals surface area contributed by atoms with Crippen LogP contribution in [0.3, 0.4) is 0 Å². The van der Waals surface area contributed by atoms with Gasteiger partial charge in [-0.2, -0.15) is 5.26 Å². The second-order valence-corrected chi connectivity index (χ2v) is 8.56. The van der Waals surface area contributed by atoms with Crippen LogP contribution in [0.15, 0.2) is 77.8 Å². The van der Waals surface area contributed by atoms with Crippen LogP contribution in [0.25, 0.3) is 22.0 Å². The first-order valence-corrected chi connectivity index (χ1v) is 10.8. The third-order valence-electron chi connectivity index (χ3n) is 4.72. The summed E-state index contributed by atoms with van der Waals surface area (Å²) >= 11 is 7.40. The average molecular weight is 445 g/mol. The zero-order valence-corrected chi connectivity index (χ0v) is 18.1. The predicted molar refractivity (Wildman–Crippen MR) is 125 cm³/mol. The van der Waals surface area contributed by atoms with Crippen molar-refractivity contribution in [3.8, 4) is 17.3 Å². The Hall–Kier alpha value is -3.40. The van der Waals surface area contributed by atoms with Crippen LogP contribution < -0.4 is 5.32 Å². The second-order valence-electron chi connectivity index (χ2n) is 6.82. The lowest BCUT2D eigenvalue weighted by Gasteiger charge is -2.14. The van der Waals surface area contributed by atoms with Crippen LogP contribution in [0, 0.1) is 11.3 Å². The zero-order valence-electron chi connectivity index (χ0n) is 16.5. The van der Waals surface area contributed by atoms with Gasteiger partial charge in [0.25, 0.3) is 0 Å². The van der Waals surface area contributed by atoms with Gasteiger partial charge in [0.05, 0.1) is 15.8 Å². The SMILES string of the molecule is CC(Sc1nnc(-c2ccccc2)c2ccccc12)C(=O)Nc1ccc(C#N)c(Cl)c1. The monoisotopic (exact) mass is 444 g/mol. The Morgan fingerprint density at radius 2 is 1.74 bits per heavy atom. The molecule has 4 rings (SSSR count). The minimum Gasteiger partial charge on any atom is -0.325 e. The van der Waals surface area contributed by atoms with Gasteiger partial charge in [-0.3, -0.25) is 4.79 Å². The summed E-state index contributed by atoms with van der Waals surface area (Å²) in [6, 6.07) is 24.6. The molecule has 1 unspecified atom stereocenters. The van der Waals surface area contributed by atoms with Gasteiger partial charge in [0.15, 0.2) is 0 Å². The van der Waals surface area contributed by atoms with Crippen molar-refractivity contribution in [1.82, 2.24) is 10.2 Å². The molecule has 3 aromatic carbocycles. The number of nitrogens with one attached hydrogen (secondary N) is 1. The zero-order chi connectivity index (χ0) is 21.8. The van der Waals surface area contributed by atoms with Crippen LogP contribution in [-0.2, 0) is 4.79 Å². The number of fused-ring (bicyclic) bond motifs is 1. The third-order valence-corrected chi connectivity index (χ3v) is 6.12. The van der Waals surface area contributed by atoms with E-state index >= 15 is 0 Å². The van der Waals surface area contributed by atoms with Gasteiger partial charge in [-0.1, -0.05) is 78.0 Å². The van der Waals surface area contributed by atoms with Gasteiger partial charge in [0, 0.05) is 22.0 Å². The summed E-state index contributed by atoms with van der Waals surface area (Å²) < 4.78 is 0. The van der Waals surface area contributed by atoms with E-state index in [9.17, 15) is 4.79 Å². The molecule has 0 saturated carbocycles. The van der Waals surface area contributed by atoms with Crippen LogP contribution >= 0.6 is 23.4 Å². The lowest BCUT2D eigenvalue weighted by molar-refractivity contribution is -0.115. The first-order chi connectivity index (χ1) is 15.1. The minimum atomic E-state index is -0.422. The van der Waals surface area contributed by atoms with Gasteiger partial charge in [0.2, 0.25) is 5.91 Å². The Morgan fingerprint density at radius 3 is 2.45 bits per heavy atom. The number of hydrogen-bond donors (Lipinski definition) is 1. The number of carbonyl (C=O) groups is 1. The van der Waals surface area contributed by atoms with Crippen LogP contribution in [0.5, 0.6) is 0 Å². The maximum Gasteiger partial charge on any atom is 0.237 e. The number of amides is 1. The van der Waals surface area contributed by atoms with E-state index in [1.54, 1.807) is 18.2 Å². The molecule has 0 fully saturated rings. The van der Waals surface area contributed by atoms with E-state index in [1.807, 2.05) is 67.6 Å². The van der Waals surface area contributed by atoms with Crippen LogP contribution in [0.2, 0.25) is 5.02 Å². The molecular weight excluding hydrogens is 428 g/mol. The van der Waals surface area contributed by atoms with E-state index in [4.69, 9.17) is 16.9 Å². The van der Waals surface area contributed by atoms with Gasteiger partial charge in [0.1, 0.15) is 16.8 Å². The normalized spacial score (nSPS) is 11.6. The summed E-state index contributed by atoms with van der Waals surface area (Å²) in [6.45, 7) is 1.81. The van der Waals surface area contributed by atoms with E-state index in [0.717, 1.165) is 22.0 Å². The standard InChI is InChI=1S/C24H17ClN4OS/c1-15(23(30)27-18-12-11-17(14-26)21(25)13-18)31-24-20-10-6-5-9-19(20)22(28-29-24)16-7-3-2-4-8-16/h2-13,15H,1H3,(H,27,30). The minimum absolute atomic E-state index is 0.191. The van der Waals surface area contributed by atoms with Crippen molar-refractivity contribution in [2.45, 2.75) is 17.2 Å². The number of halogens is 1. The maximum absolute atomic E-state index is 12.7. The molecule has 0 spiro atoms. The molecule has 1 atom stereocenters. The number of nitrogens with zero attached hydrogens (tertiary/aromatic N) is 3. The molecule has 1 amide bonds. The molecular formula is C24H17ClN4OS. The van der Waals surface area contributed by atoms with Crippen molar-refractivity contribution in [3.05, 3.63) is 83.4 Å². The number of carbonyl (C=O) groups excluding carboxylic acids is 1. The Morgan fingerprint density at radius 1 is 1.03 bits per heavy atom. The fourth-order valence-electron chi connectivity index (χ4n) is 3.12. The van der Waals surface area contributed by atoms with Crippen LogP contribution in [-0.4, -0.2) is 21.4 Å². The van der Waals surface area contributed by atoms with Gasteiger partial charge in [-0.25, -0.2) is 0 Å². The van der Waals surface area contributed by atoms with Gasteiger partial charge >= 0.3 is 0 Å². The molecule has 5 nitrogen and oxygen atoms in total. The highest BCUT2D eigenvalue weighted by molar-refractivity contribution is 8.00. The second kappa shape index (κ2) is 9.17. The number of nitriles is 1. The van der Waals surface area contributed by atoms with Crippen LogP contribution in [0.4, 0.5) is 5.69 Å². The Labute approximate surface area is 189 Å². The van der Waals surface area contributed by atoms with Crippen molar-refractivity contribution >= 4 is 45.7 Å². The van der Waals surface area contributed by atoms with Crippen molar-refractivity contribution in [1.29, 1.82) is 5.26 Å². The Bertz CT molecular complexity index is 1300. The molecule has 0 aliphatic rings. The Kier molecular flexibility index (Phi) is 6.17. The van der Waals surface area contributed by atoms with E-state index in [2.05, 4.69) is 15.5 Å². The number of rotatable bonds is 5. The van der Waals surface area contributed by atoms with E-state index in [1.165, 1.54) is 11.8 Å². The number of benzene rings is 3. The molecule has 1 N–H and O–H groups in total. The molecule has 0 bridgehead atoms. The summed E-state index contributed by atoms with van der Waals surface area (Å²) in [4.78, 5) is 12.7. The molecule has 152 valence electrons. The molecule has 0 saturated heterocycles. The molecule has 1 aromatic heterocycles. The lowest BCUT2D eigenvalue weighted by Crippen LogP contribution is -2.22. The Balaban J connectivity index is 1.58. The largest absolute Gasteiger partial charge is 0.325 e. The number of anilines is 1. The molecule has 0 aliphatic carbocycles. The topological polar surface area (TPSA) is 78.7 Å². The number of aromatic nitrogens is 2. The number of hydrogen-bond acceptors (Lipinski definition) is 5. The highest BCUT2D eigenvalue weighted by Crippen LogP contribution is 2.33. The fourth-order valence-corrected chi connectivity index (χ4v) is 4.24. The first kappa shape index (κ1) is 20.9. The lowest BCUT2D eigenvalue weighted by atomic mass is 10.1. The number of thioether (sulfide) groups is 1. The molecule has 31 heavy (non-hydrogen) atoms. The van der Waals surface area contributed by atoms with Gasteiger partial charge < -0.3 is 5.32 Å². The maximum atomic E-state index is 12.7. The summed E-state index contributed by atoms with van der Waals surface area (Å²) in [6.07, 6.45) is 0. The predicted octanol–water partition coefficient (Wildman–Crippen LogP) is 5.94. The van der Waals surface area contributed by atoms with E-state index in [0.29, 0.717) is 21.3 Å². The highest BCUT2D eigenvalue weighted by Gasteiger charge is 2.19. The summed E-state index contributed by atoms with van der Waals surface area (Å²) in [5, 5.41) is 23.2. The molecule has 7 heteroatoms. The van der Waals surface area contributed by atoms with Crippen LogP contribution in [0.1, 0.15) is 12.5 Å². The average Bonchev–Trinajstić information content (AvgIpc) is 2.80. The van der Waals surface area contributed by atoms with Crippen molar-refractivity contribution < 1.29 is 4.79 Å². The highest BCUT2D eigenvalue weighted by atomic mass is 35.5. The van der Waals surface area contributed by atoms with Crippen molar-refractivity contribution in [2.75, 3.05) is 5.32 Å². The van der Waals surface area contributed by atoms with Gasteiger partial charge in [-0.05, 0) is 25.1 Å². The molecule has 4 aromatic rings. The molecule has 1 heterocycles. The summed E-state index contributed by atoms with van der Waals surface area (Å²) in [5.74, 6) is -0.191. The molecule has 0 radical (unpaired) electrons. The van der Waals surface area contributed by atoms with Crippen molar-refractivity contribution in [3.63, 3.8) is 0 Å². The summed E-state index contributed by atoms with van der Waals surface area (Å²) in [7, 11) is 0. The molecule has 0 aliphatic heterocycles. The quantitative estimate of drug-likeness (QED) is 0.385. The smallest absolute Gasteiger partial charge is 0.237 e.